The number of carbonyl (C=O) groups excluding carboxylic acids is 1. The van der Waals surface area contributed by atoms with Gasteiger partial charge in [0.15, 0.2) is 5.76 Å². The van der Waals surface area contributed by atoms with Crippen LogP contribution in [-0.4, -0.2) is 36.0 Å². The van der Waals surface area contributed by atoms with Crippen molar-refractivity contribution in [1.29, 1.82) is 0 Å². The molecule has 0 radical (unpaired) electrons. The second kappa shape index (κ2) is 6.30. The van der Waals surface area contributed by atoms with Gasteiger partial charge in [-0.25, -0.2) is 4.39 Å². The highest BCUT2D eigenvalue weighted by Gasteiger charge is 2.40. The predicted octanol–water partition coefficient (Wildman–Crippen LogP) is 3.61. The second-order valence-electron chi connectivity index (χ2n) is 7.26. The van der Waals surface area contributed by atoms with Gasteiger partial charge >= 0.3 is 0 Å². The minimum Gasteiger partial charge on any atom is -0.451 e. The van der Waals surface area contributed by atoms with Crippen molar-refractivity contribution in [3.05, 3.63) is 47.5 Å². The number of rotatable bonds is 3. The van der Waals surface area contributed by atoms with Crippen LogP contribution in [0, 0.1) is 18.7 Å². The zero-order valence-electron chi connectivity index (χ0n) is 14.6. The first-order valence-corrected chi connectivity index (χ1v) is 8.94. The maximum atomic E-state index is 14.1. The zero-order chi connectivity index (χ0) is 17.6. The summed E-state index contributed by atoms with van der Waals surface area (Å²) in [4.78, 5) is 15.0. The van der Waals surface area contributed by atoms with Crippen LogP contribution < -0.4 is 5.32 Å². The number of nitrogens with one attached hydrogen (secondary N) is 1. The number of aryl methyl sites for hydroxylation is 1. The highest BCUT2D eigenvalue weighted by atomic mass is 19.1. The van der Waals surface area contributed by atoms with Crippen LogP contribution in [0.2, 0.25) is 0 Å². The van der Waals surface area contributed by atoms with Crippen molar-refractivity contribution >= 4 is 5.91 Å². The van der Waals surface area contributed by atoms with Crippen molar-refractivity contribution < 1.29 is 13.6 Å². The quantitative estimate of drug-likeness (QED) is 0.927. The number of furan rings is 1. The van der Waals surface area contributed by atoms with Crippen LogP contribution in [-0.2, 0) is 0 Å². The number of amides is 1. The van der Waals surface area contributed by atoms with E-state index in [0.717, 1.165) is 31.5 Å². The minimum atomic E-state index is -0.340. The molecule has 2 aromatic rings. The van der Waals surface area contributed by atoms with Gasteiger partial charge in [-0.3, -0.25) is 9.69 Å². The topological polar surface area (TPSA) is 45.5 Å². The van der Waals surface area contributed by atoms with E-state index in [9.17, 15) is 9.18 Å². The van der Waals surface area contributed by atoms with Crippen molar-refractivity contribution in [1.82, 2.24) is 10.2 Å². The van der Waals surface area contributed by atoms with Crippen LogP contribution in [0.5, 0.6) is 0 Å². The third kappa shape index (κ3) is 2.97. The monoisotopic (exact) mass is 342 g/mol. The molecule has 1 aromatic carbocycles. The lowest BCUT2D eigenvalue weighted by Crippen LogP contribution is -2.62. The number of carbonyl (C=O) groups is 1. The molecular formula is C20H23FN2O2. The Labute approximate surface area is 147 Å². The molecule has 1 amide bonds. The predicted molar refractivity (Wildman–Crippen MR) is 93.9 cm³/mol. The molecular weight excluding hydrogens is 319 g/mol. The van der Waals surface area contributed by atoms with E-state index >= 15 is 0 Å². The minimum absolute atomic E-state index is 0.152. The van der Waals surface area contributed by atoms with E-state index in [-0.39, 0.29) is 23.5 Å². The number of piperidine rings is 3. The Bertz CT molecular complexity index is 791. The lowest BCUT2D eigenvalue weighted by molar-refractivity contribution is 0.0211. The molecule has 5 heteroatoms. The van der Waals surface area contributed by atoms with Crippen LogP contribution in [0.4, 0.5) is 4.39 Å². The van der Waals surface area contributed by atoms with Gasteiger partial charge in [-0.05, 0) is 75.5 Å². The van der Waals surface area contributed by atoms with Gasteiger partial charge in [0, 0.05) is 12.1 Å². The molecule has 1 aromatic heterocycles. The largest absolute Gasteiger partial charge is 0.451 e. The van der Waals surface area contributed by atoms with Gasteiger partial charge in [-0.1, -0.05) is 6.07 Å². The van der Waals surface area contributed by atoms with E-state index in [1.807, 2.05) is 13.0 Å². The van der Waals surface area contributed by atoms with Crippen LogP contribution in [0.3, 0.4) is 0 Å². The standard InChI is InChI=1S/C20H23FN2O2/c1-12-3-4-15(16(21)11-12)17-5-6-18(25-17)20(24)22-19-13(2)23-9-7-14(19)8-10-23/h3-6,11,13-14,19H,7-10H2,1-2H3,(H,22,24). The third-order valence-corrected chi connectivity index (χ3v) is 5.70. The van der Waals surface area contributed by atoms with Gasteiger partial charge in [0.05, 0.1) is 5.56 Å². The Kier molecular flexibility index (Phi) is 4.12. The summed E-state index contributed by atoms with van der Waals surface area (Å²) in [5, 5.41) is 3.14. The molecule has 5 rings (SSSR count). The average molecular weight is 342 g/mol. The Morgan fingerprint density at radius 2 is 2.00 bits per heavy atom. The van der Waals surface area contributed by atoms with Crippen LogP contribution >= 0.6 is 0 Å². The van der Waals surface area contributed by atoms with Crippen molar-refractivity contribution in [3.8, 4) is 11.3 Å². The van der Waals surface area contributed by atoms with Gasteiger partial charge in [-0.15, -0.1) is 0 Å². The average Bonchev–Trinajstić information content (AvgIpc) is 3.08. The van der Waals surface area contributed by atoms with E-state index in [4.69, 9.17) is 4.42 Å². The number of fused-ring (bicyclic) bond motifs is 3. The molecule has 132 valence electrons. The first kappa shape index (κ1) is 16.3. The number of benzene rings is 1. The molecule has 25 heavy (non-hydrogen) atoms. The highest BCUT2D eigenvalue weighted by Crippen LogP contribution is 2.32. The summed E-state index contributed by atoms with van der Waals surface area (Å²) in [6.07, 6.45) is 2.26. The summed E-state index contributed by atoms with van der Waals surface area (Å²) in [5.41, 5.74) is 1.22. The maximum absolute atomic E-state index is 14.1. The summed E-state index contributed by atoms with van der Waals surface area (Å²) in [7, 11) is 0. The van der Waals surface area contributed by atoms with E-state index in [1.54, 1.807) is 18.2 Å². The van der Waals surface area contributed by atoms with Crippen LogP contribution in [0.1, 0.15) is 35.9 Å². The molecule has 0 aliphatic carbocycles. The van der Waals surface area contributed by atoms with Gasteiger partial charge in [0.1, 0.15) is 11.6 Å². The first-order valence-electron chi connectivity index (χ1n) is 8.94. The lowest BCUT2D eigenvalue weighted by atomic mass is 9.79. The van der Waals surface area contributed by atoms with Gasteiger partial charge < -0.3 is 9.73 Å². The van der Waals surface area contributed by atoms with Crippen molar-refractivity contribution in [2.75, 3.05) is 13.1 Å². The molecule has 2 atom stereocenters. The molecule has 3 fully saturated rings. The summed E-state index contributed by atoms with van der Waals surface area (Å²) in [5.74, 6) is 0.591. The number of halogens is 1. The normalized spacial score (nSPS) is 28.1. The lowest BCUT2D eigenvalue weighted by Gasteiger charge is -2.49. The summed E-state index contributed by atoms with van der Waals surface area (Å²) >= 11 is 0. The molecule has 1 N–H and O–H groups in total. The molecule has 2 bridgehead atoms. The van der Waals surface area contributed by atoms with E-state index in [0.29, 0.717) is 23.3 Å². The molecule has 4 nitrogen and oxygen atoms in total. The number of hydrogen-bond acceptors (Lipinski definition) is 3. The fourth-order valence-corrected chi connectivity index (χ4v) is 4.19. The molecule has 0 saturated carbocycles. The number of hydrogen-bond donors (Lipinski definition) is 1. The fourth-order valence-electron chi connectivity index (χ4n) is 4.19. The zero-order valence-corrected chi connectivity index (χ0v) is 14.6. The molecule has 0 spiro atoms. The molecule has 4 heterocycles. The van der Waals surface area contributed by atoms with E-state index < -0.39 is 0 Å². The summed E-state index contributed by atoms with van der Waals surface area (Å²) in [6, 6.07) is 8.75. The SMILES string of the molecule is Cc1ccc(-c2ccc(C(=O)NC3C4CCN(CC4)C3C)o2)c(F)c1. The van der Waals surface area contributed by atoms with E-state index in [2.05, 4.69) is 17.1 Å². The fraction of sp³-hybridized carbons (Fsp3) is 0.450. The van der Waals surface area contributed by atoms with Crippen LogP contribution in [0.25, 0.3) is 11.3 Å². The molecule has 3 saturated heterocycles. The molecule has 3 aliphatic rings. The summed E-state index contributed by atoms with van der Waals surface area (Å²) < 4.78 is 19.7. The smallest absolute Gasteiger partial charge is 0.287 e. The Balaban J connectivity index is 1.51. The van der Waals surface area contributed by atoms with Gasteiger partial charge in [-0.2, -0.15) is 0 Å². The summed E-state index contributed by atoms with van der Waals surface area (Å²) in [6.45, 7) is 6.25. The van der Waals surface area contributed by atoms with Crippen molar-refractivity contribution in [3.63, 3.8) is 0 Å². The van der Waals surface area contributed by atoms with Gasteiger partial charge in [0.25, 0.3) is 5.91 Å². The highest BCUT2D eigenvalue weighted by molar-refractivity contribution is 5.92. The first-order chi connectivity index (χ1) is 12.0. The van der Waals surface area contributed by atoms with Gasteiger partial charge in [0.2, 0.25) is 0 Å². The third-order valence-electron chi connectivity index (χ3n) is 5.70. The Morgan fingerprint density at radius 3 is 2.68 bits per heavy atom. The van der Waals surface area contributed by atoms with Crippen molar-refractivity contribution in [2.45, 2.75) is 38.8 Å². The molecule has 2 unspecified atom stereocenters. The van der Waals surface area contributed by atoms with E-state index in [1.165, 1.54) is 6.07 Å². The number of nitrogens with zero attached hydrogens (tertiary/aromatic N) is 1. The second-order valence-corrected chi connectivity index (χ2v) is 7.26. The maximum Gasteiger partial charge on any atom is 0.287 e. The Hall–Kier alpha value is -2.14. The van der Waals surface area contributed by atoms with Crippen molar-refractivity contribution in [2.24, 2.45) is 5.92 Å². The molecule has 3 aliphatic heterocycles. The van der Waals surface area contributed by atoms with Crippen LogP contribution in [0.15, 0.2) is 34.7 Å². The Morgan fingerprint density at radius 1 is 1.24 bits per heavy atom.